The summed E-state index contributed by atoms with van der Waals surface area (Å²) in [5, 5.41) is 8.94. The maximum Gasteiger partial charge on any atom is 0.326 e. The fourth-order valence-electron chi connectivity index (χ4n) is 1.97. The number of carboxylic acid groups (broad SMARTS) is 1. The fraction of sp³-hybridized carbons (Fsp3) is 0.778. The number of carbonyl (C=O) groups is 2. The molecule has 0 aliphatic carbocycles. The molecule has 0 bridgehead atoms. The van der Waals surface area contributed by atoms with Gasteiger partial charge in [-0.2, -0.15) is 0 Å². The normalized spacial score (nSPS) is 27.7. The lowest BCUT2D eigenvalue weighted by molar-refractivity contribution is -0.148. The van der Waals surface area contributed by atoms with Crippen molar-refractivity contribution in [1.82, 2.24) is 4.90 Å². The van der Waals surface area contributed by atoms with Crippen LogP contribution in [-0.2, 0) is 9.59 Å². The second-order valence-corrected chi connectivity index (χ2v) is 3.45. The summed E-state index contributed by atoms with van der Waals surface area (Å²) < 4.78 is 0. The van der Waals surface area contributed by atoms with Crippen LogP contribution < -0.4 is 0 Å². The zero-order valence-corrected chi connectivity index (χ0v) is 7.99. The molecule has 1 aliphatic rings. The molecule has 0 radical (unpaired) electrons. The van der Waals surface area contributed by atoms with Gasteiger partial charge in [-0.1, -0.05) is 13.3 Å². The van der Waals surface area contributed by atoms with Gasteiger partial charge in [-0.05, 0) is 12.3 Å². The quantitative estimate of drug-likeness (QED) is 0.689. The van der Waals surface area contributed by atoms with Crippen LogP contribution in [0, 0.1) is 5.92 Å². The summed E-state index contributed by atoms with van der Waals surface area (Å²) in [5.74, 6) is -0.885. The molecule has 4 nitrogen and oxygen atoms in total. The first-order chi connectivity index (χ1) is 6.07. The van der Waals surface area contributed by atoms with Gasteiger partial charge in [0, 0.05) is 13.5 Å². The van der Waals surface area contributed by atoms with Gasteiger partial charge in [-0.3, -0.25) is 4.79 Å². The number of hydrogen-bond donors (Lipinski definition) is 1. The van der Waals surface area contributed by atoms with Gasteiger partial charge in [0.15, 0.2) is 0 Å². The number of amides is 1. The molecular formula is C9H15NO3. The first kappa shape index (κ1) is 10.0. The van der Waals surface area contributed by atoms with Crippen molar-refractivity contribution in [3.05, 3.63) is 0 Å². The predicted molar refractivity (Wildman–Crippen MR) is 47.2 cm³/mol. The first-order valence-electron chi connectivity index (χ1n) is 4.58. The third kappa shape index (κ3) is 1.82. The number of aliphatic carboxylic acids is 1. The summed E-state index contributed by atoms with van der Waals surface area (Å²) in [4.78, 5) is 23.4. The molecule has 1 amide bonds. The van der Waals surface area contributed by atoms with Crippen LogP contribution in [-0.4, -0.2) is 34.5 Å². The molecule has 1 aliphatic heterocycles. The van der Waals surface area contributed by atoms with Crippen molar-refractivity contribution in [3.8, 4) is 0 Å². The second kappa shape index (κ2) is 3.77. The summed E-state index contributed by atoms with van der Waals surface area (Å²) >= 11 is 0. The third-order valence-electron chi connectivity index (χ3n) is 2.70. The number of hydrogen-bond acceptors (Lipinski definition) is 2. The van der Waals surface area contributed by atoms with E-state index in [1.165, 1.54) is 11.8 Å². The fourth-order valence-corrected chi connectivity index (χ4v) is 1.97. The van der Waals surface area contributed by atoms with Crippen molar-refractivity contribution >= 4 is 11.9 Å². The van der Waals surface area contributed by atoms with Crippen molar-refractivity contribution in [2.75, 3.05) is 6.54 Å². The van der Waals surface area contributed by atoms with Crippen LogP contribution >= 0.6 is 0 Å². The maximum absolute atomic E-state index is 11.1. The molecule has 74 valence electrons. The number of carbonyl (C=O) groups excluding carboxylic acids is 1. The molecule has 13 heavy (non-hydrogen) atoms. The molecule has 0 spiro atoms. The molecule has 1 heterocycles. The molecule has 1 rings (SSSR count). The van der Waals surface area contributed by atoms with Crippen molar-refractivity contribution in [2.45, 2.75) is 32.7 Å². The minimum absolute atomic E-state index is 0.126. The number of nitrogens with zero attached hydrogens (tertiary/aromatic N) is 1. The van der Waals surface area contributed by atoms with Gasteiger partial charge in [0.05, 0.1) is 0 Å². The van der Waals surface area contributed by atoms with Crippen LogP contribution in [0.3, 0.4) is 0 Å². The molecule has 4 heteroatoms. The van der Waals surface area contributed by atoms with E-state index in [-0.39, 0.29) is 11.8 Å². The van der Waals surface area contributed by atoms with Crippen LogP contribution in [0.15, 0.2) is 0 Å². The Morgan fingerprint density at radius 2 is 2.15 bits per heavy atom. The van der Waals surface area contributed by atoms with E-state index in [0.717, 1.165) is 12.8 Å². The topological polar surface area (TPSA) is 57.6 Å². The van der Waals surface area contributed by atoms with Crippen molar-refractivity contribution < 1.29 is 14.7 Å². The van der Waals surface area contributed by atoms with Crippen LogP contribution in [0.25, 0.3) is 0 Å². The van der Waals surface area contributed by atoms with E-state index < -0.39 is 12.0 Å². The average molecular weight is 185 g/mol. The highest BCUT2D eigenvalue weighted by atomic mass is 16.4. The van der Waals surface area contributed by atoms with Crippen molar-refractivity contribution in [3.63, 3.8) is 0 Å². The Morgan fingerprint density at radius 3 is 2.54 bits per heavy atom. The summed E-state index contributed by atoms with van der Waals surface area (Å²) in [6, 6.07) is -0.595. The monoisotopic (exact) mass is 185 g/mol. The van der Waals surface area contributed by atoms with Gasteiger partial charge in [0.1, 0.15) is 6.04 Å². The lowest BCUT2D eigenvalue weighted by Crippen LogP contribution is -2.42. The Morgan fingerprint density at radius 1 is 1.54 bits per heavy atom. The molecule has 1 N–H and O–H groups in total. The van der Waals surface area contributed by atoms with Crippen LogP contribution in [0.4, 0.5) is 0 Å². The van der Waals surface area contributed by atoms with Gasteiger partial charge in [-0.25, -0.2) is 4.79 Å². The molecule has 0 aromatic rings. The average Bonchev–Trinajstić information content (AvgIpc) is 2.46. The first-order valence-corrected chi connectivity index (χ1v) is 4.58. The molecule has 1 saturated heterocycles. The van der Waals surface area contributed by atoms with Crippen LogP contribution in [0.2, 0.25) is 0 Å². The van der Waals surface area contributed by atoms with E-state index in [9.17, 15) is 9.59 Å². The highest BCUT2D eigenvalue weighted by molar-refractivity contribution is 5.83. The Bertz CT molecular complexity index is 227. The van der Waals surface area contributed by atoms with Gasteiger partial charge < -0.3 is 10.0 Å². The predicted octanol–water partition coefficient (Wildman–Crippen LogP) is 0.718. The summed E-state index contributed by atoms with van der Waals surface area (Å²) in [7, 11) is 0. The lowest BCUT2D eigenvalue weighted by Gasteiger charge is -2.22. The minimum Gasteiger partial charge on any atom is -0.480 e. The molecule has 2 atom stereocenters. The third-order valence-corrected chi connectivity index (χ3v) is 2.70. The van der Waals surface area contributed by atoms with E-state index in [1.54, 1.807) is 0 Å². The highest BCUT2D eigenvalue weighted by Gasteiger charge is 2.39. The summed E-state index contributed by atoms with van der Waals surface area (Å²) in [5.41, 5.74) is 0. The largest absolute Gasteiger partial charge is 0.480 e. The van der Waals surface area contributed by atoms with Gasteiger partial charge in [0.2, 0.25) is 5.91 Å². The Hall–Kier alpha value is -1.06. The lowest BCUT2D eigenvalue weighted by atomic mass is 9.98. The van der Waals surface area contributed by atoms with E-state index in [0.29, 0.717) is 6.54 Å². The van der Waals surface area contributed by atoms with Crippen molar-refractivity contribution in [1.29, 1.82) is 0 Å². The van der Waals surface area contributed by atoms with Crippen molar-refractivity contribution in [2.24, 2.45) is 5.92 Å². The summed E-state index contributed by atoms with van der Waals surface area (Å²) in [6.45, 7) is 3.98. The minimum atomic E-state index is -0.875. The van der Waals surface area contributed by atoms with Gasteiger partial charge in [-0.15, -0.1) is 0 Å². The molecule has 0 saturated carbocycles. The van der Waals surface area contributed by atoms with E-state index in [2.05, 4.69) is 0 Å². The molecule has 1 unspecified atom stereocenters. The second-order valence-electron chi connectivity index (χ2n) is 3.45. The van der Waals surface area contributed by atoms with E-state index in [4.69, 9.17) is 5.11 Å². The smallest absolute Gasteiger partial charge is 0.326 e. The zero-order chi connectivity index (χ0) is 10.0. The standard InChI is InChI=1S/C9H15NO3/c1-3-7-4-5-10(6(2)11)8(7)9(12)13/h7-8H,3-5H2,1-2H3,(H,12,13)/t7?,8-/m0/s1. The summed E-state index contributed by atoms with van der Waals surface area (Å²) in [6.07, 6.45) is 1.63. The number of rotatable bonds is 2. The molecule has 0 aromatic heterocycles. The van der Waals surface area contributed by atoms with Crippen LogP contribution in [0.5, 0.6) is 0 Å². The molecule has 0 aromatic carbocycles. The maximum atomic E-state index is 11.1. The van der Waals surface area contributed by atoms with Gasteiger partial charge in [0.25, 0.3) is 0 Å². The highest BCUT2D eigenvalue weighted by Crippen LogP contribution is 2.27. The van der Waals surface area contributed by atoms with E-state index in [1.807, 2.05) is 6.92 Å². The van der Waals surface area contributed by atoms with Gasteiger partial charge >= 0.3 is 5.97 Å². The molecule has 1 fully saturated rings. The zero-order valence-electron chi connectivity index (χ0n) is 7.99. The molecular weight excluding hydrogens is 170 g/mol. The Balaban J connectivity index is 2.78. The number of likely N-dealkylation sites (tertiary alicyclic amines) is 1. The Labute approximate surface area is 77.5 Å². The number of carboxylic acids is 1. The Kier molecular flexibility index (Phi) is 2.90. The van der Waals surface area contributed by atoms with E-state index >= 15 is 0 Å². The SMILES string of the molecule is CCC1CCN(C(C)=O)[C@@H]1C(=O)O. The van der Waals surface area contributed by atoms with Crippen LogP contribution in [0.1, 0.15) is 26.7 Å².